The zero-order valence-electron chi connectivity index (χ0n) is 10.7. The number of anilines is 1. The molecular weight excluding hydrogens is 270 g/mol. The molecule has 0 spiro atoms. The summed E-state index contributed by atoms with van der Waals surface area (Å²) in [7, 11) is 1.49. The van der Waals surface area contributed by atoms with Crippen LogP contribution in [0.3, 0.4) is 0 Å². The summed E-state index contributed by atoms with van der Waals surface area (Å²) in [6.45, 7) is 1.68. The molecule has 3 amide bonds. The molecule has 1 aromatic rings. The quantitative estimate of drug-likeness (QED) is 0.769. The summed E-state index contributed by atoms with van der Waals surface area (Å²) in [6.07, 6.45) is 0.0695. The lowest BCUT2D eigenvalue weighted by atomic mass is 10.2. The van der Waals surface area contributed by atoms with Gasteiger partial charge in [-0.1, -0.05) is 11.6 Å². The van der Waals surface area contributed by atoms with Crippen molar-refractivity contribution in [3.63, 3.8) is 0 Å². The molecule has 19 heavy (non-hydrogen) atoms. The number of carbonyl (C=O) groups is 2. The standard InChI is InChI=1S/C12H16ClN3O3/c1-7(5-11(14)17)15-12(18)16-9-6-8(13)3-4-10(9)19-2/h3-4,6-7H,5H2,1-2H3,(H2,14,17)(H2,15,16,18)/t7-/m0/s1. The summed E-state index contributed by atoms with van der Waals surface area (Å²) in [6, 6.07) is 4.04. The van der Waals surface area contributed by atoms with Gasteiger partial charge >= 0.3 is 6.03 Å². The highest BCUT2D eigenvalue weighted by Crippen LogP contribution is 2.27. The minimum atomic E-state index is -0.479. The van der Waals surface area contributed by atoms with Crippen LogP contribution < -0.4 is 21.1 Å². The third-order valence-electron chi connectivity index (χ3n) is 2.29. The second-order valence-electron chi connectivity index (χ2n) is 4.01. The van der Waals surface area contributed by atoms with Crippen LogP contribution in [0.4, 0.5) is 10.5 Å². The summed E-state index contributed by atoms with van der Waals surface area (Å²) >= 11 is 5.84. The SMILES string of the molecule is COc1ccc(Cl)cc1NC(=O)N[C@@H](C)CC(N)=O. The number of methoxy groups -OCH3 is 1. The molecule has 104 valence electrons. The Labute approximate surface area is 116 Å². The first-order valence-electron chi connectivity index (χ1n) is 5.61. The third-order valence-corrected chi connectivity index (χ3v) is 2.53. The first-order valence-corrected chi connectivity index (χ1v) is 5.99. The van der Waals surface area contributed by atoms with E-state index in [4.69, 9.17) is 22.1 Å². The Balaban J connectivity index is 2.66. The van der Waals surface area contributed by atoms with Crippen LogP contribution >= 0.6 is 11.6 Å². The van der Waals surface area contributed by atoms with Crippen molar-refractivity contribution in [3.05, 3.63) is 23.2 Å². The van der Waals surface area contributed by atoms with E-state index in [1.807, 2.05) is 0 Å². The predicted octanol–water partition coefficient (Wildman–Crippen LogP) is 1.73. The molecule has 0 bridgehead atoms. The van der Waals surface area contributed by atoms with Gasteiger partial charge in [0, 0.05) is 17.5 Å². The molecule has 0 aliphatic carbocycles. The molecule has 4 N–H and O–H groups in total. The van der Waals surface area contributed by atoms with E-state index in [1.54, 1.807) is 25.1 Å². The van der Waals surface area contributed by atoms with Gasteiger partial charge < -0.3 is 21.1 Å². The van der Waals surface area contributed by atoms with Gasteiger partial charge in [-0.25, -0.2) is 4.79 Å². The van der Waals surface area contributed by atoms with Crippen molar-refractivity contribution in [1.82, 2.24) is 5.32 Å². The van der Waals surface area contributed by atoms with Gasteiger partial charge in [0.25, 0.3) is 0 Å². The fourth-order valence-electron chi connectivity index (χ4n) is 1.51. The number of hydrogen-bond acceptors (Lipinski definition) is 3. The van der Waals surface area contributed by atoms with Gasteiger partial charge in [0.05, 0.1) is 12.8 Å². The molecule has 7 heteroatoms. The summed E-state index contributed by atoms with van der Waals surface area (Å²) in [5.41, 5.74) is 5.48. The van der Waals surface area contributed by atoms with Crippen LogP contribution in [-0.2, 0) is 4.79 Å². The second kappa shape index (κ2) is 6.84. The molecule has 1 aromatic carbocycles. The summed E-state index contributed by atoms with van der Waals surface area (Å²) in [5.74, 6) is 0.00948. The molecule has 0 saturated carbocycles. The molecule has 0 aliphatic heterocycles. The van der Waals surface area contributed by atoms with Crippen molar-refractivity contribution in [2.24, 2.45) is 5.73 Å². The number of nitrogens with two attached hydrogens (primary N) is 1. The van der Waals surface area contributed by atoms with Crippen LogP contribution in [0, 0.1) is 0 Å². The fourth-order valence-corrected chi connectivity index (χ4v) is 1.68. The van der Waals surface area contributed by atoms with Crippen LogP contribution in [-0.4, -0.2) is 25.1 Å². The maximum absolute atomic E-state index is 11.7. The van der Waals surface area contributed by atoms with E-state index >= 15 is 0 Å². The van der Waals surface area contributed by atoms with Crippen LogP contribution in [0.1, 0.15) is 13.3 Å². The number of hydrogen-bond donors (Lipinski definition) is 3. The van der Waals surface area contributed by atoms with E-state index < -0.39 is 11.9 Å². The Morgan fingerprint density at radius 1 is 1.47 bits per heavy atom. The Bertz CT molecular complexity index is 479. The summed E-state index contributed by atoms with van der Waals surface area (Å²) < 4.78 is 5.10. The van der Waals surface area contributed by atoms with Crippen molar-refractivity contribution in [3.8, 4) is 5.75 Å². The largest absolute Gasteiger partial charge is 0.495 e. The van der Waals surface area contributed by atoms with E-state index in [-0.39, 0.29) is 12.5 Å². The van der Waals surface area contributed by atoms with E-state index in [0.717, 1.165) is 0 Å². The fraction of sp³-hybridized carbons (Fsp3) is 0.333. The molecule has 6 nitrogen and oxygen atoms in total. The zero-order chi connectivity index (χ0) is 14.4. The number of urea groups is 1. The first-order chi connectivity index (χ1) is 8.92. The Kier molecular flexibility index (Phi) is 5.44. The van der Waals surface area contributed by atoms with E-state index in [1.165, 1.54) is 7.11 Å². The molecule has 0 heterocycles. The van der Waals surface area contributed by atoms with Gasteiger partial charge in [-0.3, -0.25) is 4.79 Å². The monoisotopic (exact) mass is 285 g/mol. The molecular formula is C12H16ClN3O3. The number of nitrogens with one attached hydrogen (secondary N) is 2. The van der Waals surface area contributed by atoms with Crippen molar-refractivity contribution in [1.29, 1.82) is 0 Å². The lowest BCUT2D eigenvalue weighted by Crippen LogP contribution is -2.38. The molecule has 0 radical (unpaired) electrons. The number of benzene rings is 1. The molecule has 1 rings (SSSR count). The highest BCUT2D eigenvalue weighted by molar-refractivity contribution is 6.31. The number of ether oxygens (including phenoxy) is 1. The third kappa shape index (κ3) is 5.05. The normalized spacial score (nSPS) is 11.5. The van der Waals surface area contributed by atoms with E-state index in [2.05, 4.69) is 10.6 Å². The van der Waals surface area contributed by atoms with Gasteiger partial charge in [0.1, 0.15) is 5.75 Å². The van der Waals surface area contributed by atoms with Crippen LogP contribution in [0.2, 0.25) is 5.02 Å². The van der Waals surface area contributed by atoms with E-state index in [0.29, 0.717) is 16.5 Å². The van der Waals surface area contributed by atoms with Crippen molar-refractivity contribution in [2.75, 3.05) is 12.4 Å². The Hall–Kier alpha value is -1.95. The average Bonchev–Trinajstić information content (AvgIpc) is 2.27. The van der Waals surface area contributed by atoms with Crippen molar-refractivity contribution < 1.29 is 14.3 Å². The molecule has 1 atom stereocenters. The topological polar surface area (TPSA) is 93.4 Å². The number of rotatable bonds is 5. The van der Waals surface area contributed by atoms with Crippen LogP contribution in [0.15, 0.2) is 18.2 Å². The number of halogens is 1. The summed E-state index contributed by atoms with van der Waals surface area (Å²) in [5, 5.41) is 5.65. The maximum Gasteiger partial charge on any atom is 0.319 e. The zero-order valence-corrected chi connectivity index (χ0v) is 11.5. The van der Waals surface area contributed by atoms with Gasteiger partial charge in [-0.05, 0) is 25.1 Å². The lowest BCUT2D eigenvalue weighted by molar-refractivity contribution is -0.118. The summed E-state index contributed by atoms with van der Waals surface area (Å²) in [4.78, 5) is 22.4. The molecule has 0 aliphatic rings. The van der Waals surface area contributed by atoms with Gasteiger partial charge in [-0.2, -0.15) is 0 Å². The number of amides is 3. The minimum Gasteiger partial charge on any atom is -0.495 e. The van der Waals surface area contributed by atoms with Crippen molar-refractivity contribution >= 4 is 29.2 Å². The van der Waals surface area contributed by atoms with E-state index in [9.17, 15) is 9.59 Å². The minimum absolute atomic E-state index is 0.0695. The highest BCUT2D eigenvalue weighted by atomic mass is 35.5. The molecule has 0 saturated heterocycles. The predicted molar refractivity (Wildman–Crippen MR) is 73.4 cm³/mol. The molecule has 0 aromatic heterocycles. The Morgan fingerprint density at radius 2 is 2.16 bits per heavy atom. The number of primary amides is 1. The first kappa shape index (κ1) is 15.1. The number of carbonyl (C=O) groups excluding carboxylic acids is 2. The average molecular weight is 286 g/mol. The molecule has 0 unspecified atom stereocenters. The van der Waals surface area contributed by atoms with Crippen LogP contribution in [0.5, 0.6) is 5.75 Å². The highest BCUT2D eigenvalue weighted by Gasteiger charge is 2.12. The maximum atomic E-state index is 11.7. The van der Waals surface area contributed by atoms with Gasteiger partial charge in [-0.15, -0.1) is 0 Å². The van der Waals surface area contributed by atoms with Gasteiger partial charge in [0.2, 0.25) is 5.91 Å². The second-order valence-corrected chi connectivity index (χ2v) is 4.45. The van der Waals surface area contributed by atoms with Crippen molar-refractivity contribution in [2.45, 2.75) is 19.4 Å². The smallest absolute Gasteiger partial charge is 0.319 e. The molecule has 0 fully saturated rings. The lowest BCUT2D eigenvalue weighted by Gasteiger charge is -2.14. The van der Waals surface area contributed by atoms with Gasteiger partial charge in [0.15, 0.2) is 0 Å². The Morgan fingerprint density at radius 3 is 2.74 bits per heavy atom. The van der Waals surface area contributed by atoms with Crippen LogP contribution in [0.25, 0.3) is 0 Å².